The molecule has 9 rings (SSSR count). The lowest BCUT2D eigenvalue weighted by Crippen LogP contribution is -2.44. The molecule has 6 atom stereocenters. The van der Waals surface area contributed by atoms with E-state index in [4.69, 9.17) is 14.9 Å². The summed E-state index contributed by atoms with van der Waals surface area (Å²) in [5, 5.41) is 1.26. The SMILES string of the molecule is CC1C=Cc2oc3c4c(ccc3c2C1)N(C1=CC(C)C(C)C=C1C1=CC2C3=C(CCC(N)=C3)OC2C=C1)C1(C)CC=CC=C41. The van der Waals surface area contributed by atoms with Crippen molar-refractivity contribution >= 4 is 28.3 Å². The Labute approximate surface area is 260 Å². The fraction of sp³-hybridized carbons (Fsp3) is 0.350. The third kappa shape index (κ3) is 3.57. The highest BCUT2D eigenvalue weighted by Crippen LogP contribution is 2.57. The summed E-state index contributed by atoms with van der Waals surface area (Å²) < 4.78 is 13.1. The molecule has 3 heterocycles. The summed E-state index contributed by atoms with van der Waals surface area (Å²) in [6.45, 7) is 9.40. The van der Waals surface area contributed by atoms with Gasteiger partial charge in [-0.2, -0.15) is 0 Å². The van der Waals surface area contributed by atoms with E-state index < -0.39 is 0 Å². The van der Waals surface area contributed by atoms with Crippen LogP contribution in [0.5, 0.6) is 0 Å². The molecular weight excluding hydrogens is 540 g/mol. The van der Waals surface area contributed by atoms with E-state index in [-0.39, 0.29) is 17.6 Å². The van der Waals surface area contributed by atoms with E-state index in [2.05, 4.69) is 112 Å². The highest BCUT2D eigenvalue weighted by molar-refractivity contribution is 6.06. The minimum absolute atomic E-state index is 0.0527. The zero-order valence-electron chi connectivity index (χ0n) is 26.1. The summed E-state index contributed by atoms with van der Waals surface area (Å²) in [6, 6.07) is 4.68. The van der Waals surface area contributed by atoms with Crippen LogP contribution in [0.4, 0.5) is 5.69 Å². The minimum atomic E-state index is -0.221. The zero-order chi connectivity index (χ0) is 29.9. The first-order valence-electron chi connectivity index (χ1n) is 16.4. The molecule has 0 amide bonds. The molecule has 1 aromatic carbocycles. The lowest BCUT2D eigenvalue weighted by atomic mass is 9.78. The van der Waals surface area contributed by atoms with Crippen molar-refractivity contribution in [3.63, 3.8) is 0 Å². The fourth-order valence-electron chi connectivity index (χ4n) is 8.61. The maximum absolute atomic E-state index is 6.73. The van der Waals surface area contributed by atoms with E-state index in [0.717, 1.165) is 48.5 Å². The molecule has 222 valence electrons. The molecule has 0 bridgehead atoms. The summed E-state index contributed by atoms with van der Waals surface area (Å²) in [5.41, 5.74) is 18.4. The van der Waals surface area contributed by atoms with E-state index in [1.807, 2.05) is 0 Å². The molecule has 0 saturated carbocycles. The molecule has 7 aliphatic rings. The van der Waals surface area contributed by atoms with Crippen LogP contribution >= 0.6 is 0 Å². The molecule has 2 aromatic rings. The average Bonchev–Trinajstić information content (AvgIpc) is 3.64. The lowest BCUT2D eigenvalue weighted by Gasteiger charge is -2.43. The third-order valence-corrected chi connectivity index (χ3v) is 11.2. The first kappa shape index (κ1) is 26.2. The summed E-state index contributed by atoms with van der Waals surface area (Å²) in [7, 11) is 0. The van der Waals surface area contributed by atoms with Gasteiger partial charge in [0.05, 0.1) is 11.2 Å². The molecule has 2 N–H and O–H groups in total. The smallest absolute Gasteiger partial charge is 0.144 e. The van der Waals surface area contributed by atoms with Gasteiger partial charge in [0, 0.05) is 51.4 Å². The van der Waals surface area contributed by atoms with Gasteiger partial charge in [0.15, 0.2) is 0 Å². The molecule has 0 radical (unpaired) electrons. The van der Waals surface area contributed by atoms with Crippen LogP contribution in [-0.2, 0) is 11.2 Å². The van der Waals surface area contributed by atoms with Crippen LogP contribution < -0.4 is 10.6 Å². The quantitative estimate of drug-likeness (QED) is 0.385. The Kier molecular flexibility index (Phi) is 5.47. The molecule has 6 unspecified atom stereocenters. The van der Waals surface area contributed by atoms with Gasteiger partial charge < -0.3 is 19.8 Å². The largest absolute Gasteiger partial charge is 0.489 e. The number of anilines is 1. The highest BCUT2D eigenvalue weighted by Gasteiger charge is 2.49. The van der Waals surface area contributed by atoms with Gasteiger partial charge in [-0.05, 0) is 85.4 Å². The Morgan fingerprint density at radius 1 is 1.00 bits per heavy atom. The number of fused-ring (bicyclic) bond motifs is 9. The molecule has 4 nitrogen and oxygen atoms in total. The van der Waals surface area contributed by atoms with Gasteiger partial charge in [0.1, 0.15) is 23.2 Å². The molecule has 0 spiro atoms. The monoisotopic (exact) mass is 580 g/mol. The molecule has 44 heavy (non-hydrogen) atoms. The van der Waals surface area contributed by atoms with Gasteiger partial charge in [-0.25, -0.2) is 0 Å². The van der Waals surface area contributed by atoms with Crippen LogP contribution in [0.2, 0.25) is 0 Å². The number of benzene rings is 1. The Hall–Kier alpha value is -4.18. The minimum Gasteiger partial charge on any atom is -0.489 e. The number of rotatable bonds is 2. The van der Waals surface area contributed by atoms with Gasteiger partial charge in [-0.3, -0.25) is 0 Å². The van der Waals surface area contributed by atoms with E-state index in [0.29, 0.717) is 17.8 Å². The fourth-order valence-corrected chi connectivity index (χ4v) is 8.61. The highest BCUT2D eigenvalue weighted by atomic mass is 16.5. The van der Waals surface area contributed by atoms with E-state index in [1.54, 1.807) is 0 Å². The lowest BCUT2D eigenvalue weighted by molar-refractivity contribution is 0.157. The summed E-state index contributed by atoms with van der Waals surface area (Å²) in [5.74, 6) is 3.71. The molecular formula is C40H40N2O2. The number of hydrogen-bond acceptors (Lipinski definition) is 4. The predicted octanol–water partition coefficient (Wildman–Crippen LogP) is 9.06. The van der Waals surface area contributed by atoms with Crippen molar-refractivity contribution in [3.05, 3.63) is 124 Å². The summed E-state index contributed by atoms with van der Waals surface area (Å²) in [6.07, 6.45) is 29.3. The van der Waals surface area contributed by atoms with E-state index >= 15 is 0 Å². The second-order valence-electron chi connectivity index (χ2n) is 14.2. The topological polar surface area (TPSA) is 51.6 Å². The van der Waals surface area contributed by atoms with Crippen molar-refractivity contribution < 1.29 is 9.15 Å². The third-order valence-electron chi connectivity index (χ3n) is 11.2. The van der Waals surface area contributed by atoms with Crippen molar-refractivity contribution in [3.8, 4) is 0 Å². The van der Waals surface area contributed by atoms with Crippen molar-refractivity contribution in [1.82, 2.24) is 0 Å². The normalized spacial score (nSPS) is 33.0. The van der Waals surface area contributed by atoms with Gasteiger partial charge in [-0.15, -0.1) is 0 Å². The second-order valence-corrected chi connectivity index (χ2v) is 14.2. The number of furan rings is 1. The maximum Gasteiger partial charge on any atom is 0.144 e. The Morgan fingerprint density at radius 3 is 2.75 bits per heavy atom. The number of nitrogens with two attached hydrogens (primary N) is 1. The van der Waals surface area contributed by atoms with E-state index in [1.165, 1.54) is 50.2 Å². The number of ether oxygens (including phenoxy) is 1. The van der Waals surface area contributed by atoms with Crippen molar-refractivity contribution in [2.45, 2.75) is 65.0 Å². The summed E-state index contributed by atoms with van der Waals surface area (Å²) in [4.78, 5) is 2.64. The van der Waals surface area contributed by atoms with Crippen LogP contribution in [-0.4, -0.2) is 11.6 Å². The van der Waals surface area contributed by atoms with Crippen LogP contribution in [0.25, 0.3) is 22.6 Å². The number of allylic oxidation sites excluding steroid dienone is 10. The molecule has 0 fully saturated rings. The van der Waals surface area contributed by atoms with Crippen molar-refractivity contribution in [2.24, 2.45) is 29.4 Å². The molecule has 4 heteroatoms. The first-order valence-corrected chi connectivity index (χ1v) is 16.4. The Bertz CT molecular complexity index is 1930. The van der Waals surface area contributed by atoms with Crippen LogP contribution in [0.1, 0.15) is 63.8 Å². The van der Waals surface area contributed by atoms with Gasteiger partial charge >= 0.3 is 0 Å². The second kappa shape index (κ2) is 9.17. The maximum atomic E-state index is 6.73. The molecule has 1 aromatic heterocycles. The predicted molar refractivity (Wildman–Crippen MR) is 179 cm³/mol. The van der Waals surface area contributed by atoms with Gasteiger partial charge in [0.25, 0.3) is 0 Å². The van der Waals surface area contributed by atoms with Crippen molar-refractivity contribution in [1.29, 1.82) is 0 Å². The molecule has 2 aliphatic heterocycles. The summed E-state index contributed by atoms with van der Waals surface area (Å²) >= 11 is 0. The first-order chi connectivity index (χ1) is 21.3. The van der Waals surface area contributed by atoms with Crippen LogP contribution in [0.3, 0.4) is 0 Å². The van der Waals surface area contributed by atoms with Gasteiger partial charge in [0.2, 0.25) is 0 Å². The number of hydrogen-bond donors (Lipinski definition) is 1. The van der Waals surface area contributed by atoms with E-state index in [9.17, 15) is 0 Å². The standard InChI is InChI=1S/C40H40N2O2/c1-22-8-13-37-29(17-22)27-11-12-33-38(39(27)44-37)32-7-5-6-16-40(32,4)42(33)34-19-24(3)23(2)18-28(34)25-9-14-35-30(20-25)31-21-26(41)10-15-36(31)43-35/h5-9,11-14,18-24,30,35H,10,15-17,41H2,1-4H3. The van der Waals surface area contributed by atoms with Crippen molar-refractivity contribution in [2.75, 3.05) is 4.90 Å². The average molecular weight is 581 g/mol. The van der Waals surface area contributed by atoms with Crippen LogP contribution in [0, 0.1) is 23.7 Å². The van der Waals surface area contributed by atoms with Crippen LogP contribution in [0.15, 0.2) is 111 Å². The Balaban J connectivity index is 1.21. The molecule has 0 saturated heterocycles. The molecule has 5 aliphatic carbocycles. The zero-order valence-corrected chi connectivity index (χ0v) is 26.1. The Morgan fingerprint density at radius 2 is 1.86 bits per heavy atom. The van der Waals surface area contributed by atoms with Gasteiger partial charge in [-0.1, -0.05) is 69.4 Å². The number of nitrogens with zero attached hydrogens (tertiary/aromatic N) is 1.